The Labute approximate surface area is 204 Å². The van der Waals surface area contributed by atoms with Crippen LogP contribution < -0.4 is 5.32 Å². The van der Waals surface area contributed by atoms with Gasteiger partial charge in [-0.15, -0.1) is 35.3 Å². The molecule has 1 saturated heterocycles. The molecule has 0 saturated carbocycles. The topological polar surface area (TPSA) is 60.8 Å². The van der Waals surface area contributed by atoms with E-state index in [9.17, 15) is 4.79 Å². The molecule has 1 aromatic heterocycles. The summed E-state index contributed by atoms with van der Waals surface area (Å²) in [6.45, 7) is 8.65. The summed E-state index contributed by atoms with van der Waals surface area (Å²) in [6.07, 6.45) is 3.15. The first-order valence-electron chi connectivity index (χ1n) is 10.0. The minimum absolute atomic E-state index is 0. The molecule has 1 N–H and O–H groups in total. The van der Waals surface area contributed by atoms with E-state index >= 15 is 0 Å². The third-order valence-electron chi connectivity index (χ3n) is 4.77. The quantitative estimate of drug-likeness (QED) is 0.333. The number of rotatable bonds is 6. The number of halogens is 2. The molecule has 0 atom stereocenters. The molecule has 1 aliphatic heterocycles. The number of benzene rings is 1. The lowest BCUT2D eigenvalue weighted by molar-refractivity contribution is -0.131. The van der Waals surface area contributed by atoms with Gasteiger partial charge in [0.15, 0.2) is 5.96 Å². The second-order valence-corrected chi connectivity index (χ2v) is 8.78. The van der Waals surface area contributed by atoms with Crippen molar-refractivity contribution in [1.82, 2.24) is 20.1 Å². The maximum absolute atomic E-state index is 12.6. The first-order valence-corrected chi connectivity index (χ1v) is 11.2. The number of thiazole rings is 1. The Balaban J connectivity index is 0.00000320. The molecule has 1 amide bonds. The summed E-state index contributed by atoms with van der Waals surface area (Å²) in [5, 5.41) is 5.16. The fourth-order valence-corrected chi connectivity index (χ4v) is 4.29. The largest absolute Gasteiger partial charge is 0.357 e. The average molecular weight is 562 g/mol. The van der Waals surface area contributed by atoms with Crippen molar-refractivity contribution in [2.24, 2.45) is 4.99 Å². The van der Waals surface area contributed by atoms with Crippen LogP contribution in [0.3, 0.4) is 0 Å². The summed E-state index contributed by atoms with van der Waals surface area (Å²) >= 11 is 7.75. The summed E-state index contributed by atoms with van der Waals surface area (Å²) in [6, 6.07) is 7.51. The van der Waals surface area contributed by atoms with Crippen LogP contribution in [0.1, 0.15) is 22.4 Å². The van der Waals surface area contributed by atoms with Crippen molar-refractivity contribution in [3.8, 4) is 0 Å². The van der Waals surface area contributed by atoms with Crippen LogP contribution in [0.25, 0.3) is 0 Å². The summed E-state index contributed by atoms with van der Waals surface area (Å²) in [4.78, 5) is 27.2. The molecule has 30 heavy (non-hydrogen) atoms. The summed E-state index contributed by atoms with van der Waals surface area (Å²) < 4.78 is 0. The van der Waals surface area contributed by atoms with Gasteiger partial charge in [0.1, 0.15) is 0 Å². The van der Waals surface area contributed by atoms with Crippen molar-refractivity contribution in [3.63, 3.8) is 0 Å². The second-order valence-electron chi connectivity index (χ2n) is 7.02. The van der Waals surface area contributed by atoms with Crippen LogP contribution in [0.4, 0.5) is 0 Å². The lowest BCUT2D eigenvalue weighted by atomic mass is 10.1. The summed E-state index contributed by atoms with van der Waals surface area (Å²) in [5.41, 5.74) is 0.956. The Morgan fingerprint density at radius 1 is 1.27 bits per heavy atom. The number of carbonyl (C=O) groups is 1. The van der Waals surface area contributed by atoms with Gasteiger partial charge in [-0.3, -0.25) is 9.79 Å². The van der Waals surface area contributed by atoms with E-state index in [-0.39, 0.29) is 29.9 Å². The molecule has 0 spiro atoms. The average Bonchev–Trinajstić information content (AvgIpc) is 3.12. The third-order valence-corrected chi connectivity index (χ3v) is 5.98. The molecule has 0 bridgehead atoms. The van der Waals surface area contributed by atoms with E-state index in [1.165, 1.54) is 4.88 Å². The molecular formula is C21H29ClIN5OS. The zero-order valence-electron chi connectivity index (χ0n) is 17.4. The van der Waals surface area contributed by atoms with Crippen molar-refractivity contribution in [3.05, 3.63) is 50.9 Å². The monoisotopic (exact) mass is 561 g/mol. The maximum Gasteiger partial charge on any atom is 0.227 e. The number of nitrogens with one attached hydrogen (secondary N) is 1. The van der Waals surface area contributed by atoms with E-state index < -0.39 is 0 Å². The fraction of sp³-hybridized carbons (Fsp3) is 0.476. The Morgan fingerprint density at radius 3 is 2.63 bits per heavy atom. The van der Waals surface area contributed by atoms with Gasteiger partial charge in [-0.2, -0.15) is 0 Å². The predicted molar refractivity (Wildman–Crippen MR) is 135 cm³/mol. The van der Waals surface area contributed by atoms with Crippen LogP contribution in [-0.2, 0) is 17.6 Å². The van der Waals surface area contributed by atoms with Crippen molar-refractivity contribution >= 4 is 58.8 Å². The van der Waals surface area contributed by atoms with Crippen LogP contribution in [0.5, 0.6) is 0 Å². The van der Waals surface area contributed by atoms with Crippen molar-refractivity contribution in [1.29, 1.82) is 0 Å². The van der Waals surface area contributed by atoms with Crippen molar-refractivity contribution in [2.75, 3.05) is 39.3 Å². The fourth-order valence-electron chi connectivity index (χ4n) is 3.30. The number of aryl methyl sites for hydroxylation is 1. The number of piperazine rings is 1. The highest BCUT2D eigenvalue weighted by Crippen LogP contribution is 2.14. The molecular weight excluding hydrogens is 533 g/mol. The van der Waals surface area contributed by atoms with Crippen LogP contribution in [0.2, 0.25) is 5.02 Å². The highest BCUT2D eigenvalue weighted by atomic mass is 127. The number of aromatic nitrogens is 1. The van der Waals surface area contributed by atoms with Gasteiger partial charge in [0.2, 0.25) is 5.91 Å². The Kier molecular flexibility index (Phi) is 10.3. The van der Waals surface area contributed by atoms with Crippen molar-refractivity contribution in [2.45, 2.75) is 26.7 Å². The zero-order chi connectivity index (χ0) is 20.6. The Morgan fingerprint density at radius 2 is 2.00 bits per heavy atom. The molecule has 1 fully saturated rings. The van der Waals surface area contributed by atoms with Gasteiger partial charge < -0.3 is 15.1 Å². The van der Waals surface area contributed by atoms with Crippen molar-refractivity contribution < 1.29 is 4.79 Å². The van der Waals surface area contributed by atoms with Gasteiger partial charge in [-0.05, 0) is 31.5 Å². The van der Waals surface area contributed by atoms with E-state index in [4.69, 9.17) is 16.6 Å². The molecule has 0 unspecified atom stereocenters. The smallest absolute Gasteiger partial charge is 0.227 e. The molecule has 1 aromatic carbocycles. The van der Waals surface area contributed by atoms with Gasteiger partial charge >= 0.3 is 0 Å². The van der Waals surface area contributed by atoms with E-state index in [1.54, 1.807) is 11.3 Å². The van der Waals surface area contributed by atoms with Gasteiger partial charge in [0.05, 0.1) is 11.4 Å². The first kappa shape index (κ1) is 24.9. The minimum atomic E-state index is 0. The van der Waals surface area contributed by atoms with Crippen LogP contribution in [0.15, 0.2) is 35.5 Å². The normalized spacial score (nSPS) is 14.4. The Hall–Kier alpha value is -1.39. The Bertz CT molecular complexity index is 851. The van der Waals surface area contributed by atoms with E-state index in [2.05, 4.69) is 29.0 Å². The molecule has 1 aliphatic rings. The van der Waals surface area contributed by atoms with E-state index in [0.29, 0.717) is 31.1 Å². The standard InChI is InChI=1S/C21H28ClN5OS.HI/c1-3-23-21(24-8-7-19-25-15-16(2)29-19)27-11-9-26(10-12-27)20(28)14-17-5-4-6-18(22)13-17;/h4-6,13,15H,3,7-12,14H2,1-2H3,(H,23,24);1H. The lowest BCUT2D eigenvalue weighted by Gasteiger charge is -2.36. The van der Waals surface area contributed by atoms with Gasteiger partial charge in [-0.1, -0.05) is 23.7 Å². The van der Waals surface area contributed by atoms with E-state index in [0.717, 1.165) is 42.6 Å². The molecule has 0 radical (unpaired) electrons. The molecule has 6 nitrogen and oxygen atoms in total. The molecule has 9 heteroatoms. The molecule has 164 valence electrons. The number of amides is 1. The van der Waals surface area contributed by atoms with E-state index in [1.807, 2.05) is 35.4 Å². The minimum Gasteiger partial charge on any atom is -0.357 e. The van der Waals surface area contributed by atoms with Crippen LogP contribution in [0, 0.1) is 6.92 Å². The highest BCUT2D eigenvalue weighted by molar-refractivity contribution is 14.0. The lowest BCUT2D eigenvalue weighted by Crippen LogP contribution is -2.54. The van der Waals surface area contributed by atoms with Gasteiger partial charge in [0, 0.05) is 61.8 Å². The van der Waals surface area contributed by atoms with Crippen LogP contribution >= 0.6 is 46.9 Å². The summed E-state index contributed by atoms with van der Waals surface area (Å²) in [5.74, 6) is 1.07. The van der Waals surface area contributed by atoms with Gasteiger partial charge in [0.25, 0.3) is 0 Å². The first-order chi connectivity index (χ1) is 14.0. The predicted octanol–water partition coefficient (Wildman–Crippen LogP) is 3.62. The van der Waals surface area contributed by atoms with Crippen LogP contribution in [-0.4, -0.2) is 65.9 Å². The number of carbonyl (C=O) groups excluding carboxylic acids is 1. The number of hydrogen-bond acceptors (Lipinski definition) is 4. The molecule has 3 rings (SSSR count). The number of aliphatic imine (C=N–C) groups is 1. The SMILES string of the molecule is CCNC(=NCCc1ncc(C)s1)N1CCN(C(=O)Cc2cccc(Cl)c2)CC1.I. The maximum atomic E-state index is 12.6. The highest BCUT2D eigenvalue weighted by Gasteiger charge is 2.23. The number of hydrogen-bond donors (Lipinski definition) is 1. The molecule has 0 aliphatic carbocycles. The second kappa shape index (κ2) is 12.5. The summed E-state index contributed by atoms with van der Waals surface area (Å²) in [7, 11) is 0. The van der Waals surface area contributed by atoms with Gasteiger partial charge in [-0.25, -0.2) is 4.98 Å². The zero-order valence-corrected chi connectivity index (χ0v) is 21.3. The third kappa shape index (κ3) is 7.39. The molecule has 2 heterocycles. The number of nitrogens with zero attached hydrogens (tertiary/aromatic N) is 4. The molecule has 2 aromatic rings. The number of guanidine groups is 1.